The molecule has 0 aromatic heterocycles. The van der Waals surface area contributed by atoms with Crippen molar-refractivity contribution in [1.29, 1.82) is 0 Å². The summed E-state index contributed by atoms with van der Waals surface area (Å²) in [4.78, 5) is 9.88. The second-order valence-electron chi connectivity index (χ2n) is 13.9. The number of hydrogen-bond acceptors (Lipinski definition) is 6. The average Bonchev–Trinajstić information content (AvgIpc) is 3.08. The maximum absolute atomic E-state index is 6.34. The summed E-state index contributed by atoms with van der Waals surface area (Å²) in [7, 11) is 0. The fourth-order valence-electron chi connectivity index (χ4n) is 7.58. The van der Waals surface area contributed by atoms with Crippen LogP contribution < -0.4 is 21.3 Å². The van der Waals surface area contributed by atoms with Gasteiger partial charge in [0.05, 0.1) is 31.5 Å². The van der Waals surface area contributed by atoms with Gasteiger partial charge in [-0.15, -0.1) is 0 Å². The van der Waals surface area contributed by atoms with Gasteiger partial charge in [0, 0.05) is 64.4 Å². The van der Waals surface area contributed by atoms with Crippen LogP contribution in [0.1, 0.15) is 64.2 Å². The van der Waals surface area contributed by atoms with Gasteiger partial charge in [0.15, 0.2) is 0 Å². The summed E-state index contributed by atoms with van der Waals surface area (Å²) in [5.74, 6) is 1.77. The van der Waals surface area contributed by atoms with Gasteiger partial charge in [-0.2, -0.15) is 0 Å². The van der Waals surface area contributed by atoms with E-state index in [9.17, 15) is 0 Å². The Kier molecular flexibility index (Phi) is 14.3. The SMILES string of the molecule is NC1CCC(CCN2CCN(c3cccc(Cl)c3Cl)CC2)CC1.NC1CCC(CCN2CCN(c3cccc(Cl)c3Cl)CC2)CC1. The molecule has 256 valence electrons. The van der Waals surface area contributed by atoms with Crippen LogP contribution in [0.5, 0.6) is 0 Å². The predicted octanol–water partition coefficient (Wildman–Crippen LogP) is 8.05. The Labute approximate surface area is 297 Å². The van der Waals surface area contributed by atoms with Crippen molar-refractivity contribution in [3.8, 4) is 0 Å². The van der Waals surface area contributed by atoms with Crippen LogP contribution in [0.2, 0.25) is 20.1 Å². The minimum atomic E-state index is 0.456. The van der Waals surface area contributed by atoms with Crippen LogP contribution in [0.25, 0.3) is 0 Å². The van der Waals surface area contributed by atoms with Gasteiger partial charge < -0.3 is 21.3 Å². The van der Waals surface area contributed by atoms with E-state index >= 15 is 0 Å². The molecule has 6 rings (SSSR count). The van der Waals surface area contributed by atoms with Gasteiger partial charge in [-0.3, -0.25) is 9.80 Å². The van der Waals surface area contributed by atoms with E-state index in [1.807, 2.05) is 24.3 Å². The molecule has 2 aliphatic heterocycles. The summed E-state index contributed by atoms with van der Waals surface area (Å²) in [6.45, 7) is 11.0. The minimum absolute atomic E-state index is 0.456. The zero-order valence-electron chi connectivity index (χ0n) is 27.4. The average molecular weight is 713 g/mol. The molecule has 0 amide bonds. The van der Waals surface area contributed by atoms with Crippen molar-refractivity contribution < 1.29 is 0 Å². The molecule has 0 atom stereocenters. The zero-order chi connectivity index (χ0) is 32.5. The quantitative estimate of drug-likeness (QED) is 0.289. The Morgan fingerprint density at radius 1 is 0.500 bits per heavy atom. The monoisotopic (exact) mass is 710 g/mol. The minimum Gasteiger partial charge on any atom is -0.368 e. The van der Waals surface area contributed by atoms with Gasteiger partial charge in [-0.05, 0) is 113 Å². The molecular weight excluding hydrogens is 658 g/mol. The van der Waals surface area contributed by atoms with E-state index in [0.29, 0.717) is 32.2 Å². The summed E-state index contributed by atoms with van der Waals surface area (Å²) in [6, 6.07) is 12.7. The van der Waals surface area contributed by atoms with Crippen LogP contribution in [0, 0.1) is 11.8 Å². The molecule has 2 aromatic carbocycles. The van der Waals surface area contributed by atoms with E-state index in [1.165, 1.54) is 77.3 Å². The Balaban J connectivity index is 0.000000181. The summed E-state index contributed by atoms with van der Waals surface area (Å²) < 4.78 is 0. The van der Waals surface area contributed by atoms with Crippen molar-refractivity contribution in [2.24, 2.45) is 23.3 Å². The molecule has 6 nitrogen and oxygen atoms in total. The first kappa shape index (κ1) is 36.3. The third kappa shape index (κ3) is 10.5. The van der Waals surface area contributed by atoms with Gasteiger partial charge in [0.25, 0.3) is 0 Å². The zero-order valence-corrected chi connectivity index (χ0v) is 30.4. The highest BCUT2D eigenvalue weighted by atomic mass is 35.5. The smallest absolute Gasteiger partial charge is 0.0825 e. The van der Waals surface area contributed by atoms with Crippen LogP contribution in [-0.4, -0.2) is 87.3 Å². The van der Waals surface area contributed by atoms with Crippen molar-refractivity contribution in [3.63, 3.8) is 0 Å². The number of nitrogens with two attached hydrogens (primary N) is 2. The van der Waals surface area contributed by atoms with E-state index in [0.717, 1.165) is 75.6 Å². The first-order chi connectivity index (χ1) is 22.3. The van der Waals surface area contributed by atoms with Crippen molar-refractivity contribution in [2.75, 3.05) is 75.2 Å². The number of piperazine rings is 2. The maximum atomic E-state index is 6.34. The molecule has 4 fully saturated rings. The molecule has 2 aromatic rings. The Hall–Kier alpha value is -0.960. The standard InChI is InChI=1S/2C18H27Cl2N3/c2*19-16-2-1-3-17(18(16)20)23-12-10-22(11-13-23)9-8-14-4-6-15(21)7-5-14/h2*1-3,14-15H,4-13,21H2. The van der Waals surface area contributed by atoms with Crippen molar-refractivity contribution in [2.45, 2.75) is 76.3 Å². The molecule has 4 aliphatic rings. The largest absolute Gasteiger partial charge is 0.368 e. The molecule has 2 saturated carbocycles. The number of benzene rings is 2. The van der Waals surface area contributed by atoms with E-state index in [-0.39, 0.29) is 0 Å². The summed E-state index contributed by atoms with van der Waals surface area (Å²) in [6.07, 6.45) is 12.8. The van der Waals surface area contributed by atoms with Gasteiger partial charge in [0.2, 0.25) is 0 Å². The third-order valence-corrected chi connectivity index (χ3v) is 12.4. The van der Waals surface area contributed by atoms with Crippen LogP contribution in [0.3, 0.4) is 0 Å². The molecule has 2 aliphatic carbocycles. The van der Waals surface area contributed by atoms with Crippen molar-refractivity contribution in [3.05, 3.63) is 56.5 Å². The van der Waals surface area contributed by atoms with Crippen LogP contribution in [0.15, 0.2) is 36.4 Å². The number of nitrogens with zero attached hydrogens (tertiary/aromatic N) is 4. The molecule has 4 N–H and O–H groups in total. The predicted molar refractivity (Wildman–Crippen MR) is 199 cm³/mol. The highest BCUT2D eigenvalue weighted by Gasteiger charge is 2.24. The first-order valence-corrected chi connectivity index (χ1v) is 19.1. The number of halogens is 4. The summed E-state index contributed by atoms with van der Waals surface area (Å²) in [5.41, 5.74) is 14.1. The van der Waals surface area contributed by atoms with Crippen molar-refractivity contribution >= 4 is 57.8 Å². The van der Waals surface area contributed by atoms with Crippen LogP contribution >= 0.6 is 46.4 Å². The Morgan fingerprint density at radius 2 is 0.848 bits per heavy atom. The lowest BCUT2D eigenvalue weighted by Gasteiger charge is -2.37. The van der Waals surface area contributed by atoms with Crippen LogP contribution in [-0.2, 0) is 0 Å². The lowest BCUT2D eigenvalue weighted by Crippen LogP contribution is -2.47. The first-order valence-electron chi connectivity index (χ1n) is 17.6. The highest BCUT2D eigenvalue weighted by Crippen LogP contribution is 2.34. The van der Waals surface area contributed by atoms with Crippen LogP contribution in [0.4, 0.5) is 11.4 Å². The number of anilines is 2. The normalized spacial score (nSPS) is 26.5. The molecule has 46 heavy (non-hydrogen) atoms. The second-order valence-corrected chi connectivity index (χ2v) is 15.5. The topological polar surface area (TPSA) is 65.0 Å². The van der Waals surface area contributed by atoms with E-state index in [1.54, 1.807) is 0 Å². The Morgan fingerprint density at radius 3 is 1.20 bits per heavy atom. The lowest BCUT2D eigenvalue weighted by molar-refractivity contribution is 0.217. The summed E-state index contributed by atoms with van der Waals surface area (Å²) in [5, 5.41) is 2.64. The van der Waals surface area contributed by atoms with Gasteiger partial charge in [-0.1, -0.05) is 58.5 Å². The van der Waals surface area contributed by atoms with E-state index in [4.69, 9.17) is 57.9 Å². The second kappa shape index (κ2) is 18.2. The molecular formula is C36H54Cl4N6. The van der Waals surface area contributed by atoms with Gasteiger partial charge >= 0.3 is 0 Å². The third-order valence-electron chi connectivity index (χ3n) is 10.8. The fraction of sp³-hybridized carbons (Fsp3) is 0.667. The van der Waals surface area contributed by atoms with Crippen molar-refractivity contribution in [1.82, 2.24) is 9.80 Å². The van der Waals surface area contributed by atoms with E-state index in [2.05, 4.69) is 31.7 Å². The van der Waals surface area contributed by atoms with E-state index < -0.39 is 0 Å². The molecule has 0 unspecified atom stereocenters. The highest BCUT2D eigenvalue weighted by molar-refractivity contribution is 6.44. The van der Waals surface area contributed by atoms with Gasteiger partial charge in [0.1, 0.15) is 0 Å². The lowest BCUT2D eigenvalue weighted by atomic mass is 9.84. The molecule has 0 spiro atoms. The molecule has 0 bridgehead atoms. The fourth-order valence-corrected chi connectivity index (χ4v) is 8.41. The molecule has 0 radical (unpaired) electrons. The van der Waals surface area contributed by atoms with Gasteiger partial charge in [-0.25, -0.2) is 0 Å². The number of hydrogen-bond donors (Lipinski definition) is 2. The number of rotatable bonds is 8. The molecule has 10 heteroatoms. The molecule has 2 heterocycles. The Bertz CT molecular complexity index is 1110. The summed E-state index contributed by atoms with van der Waals surface area (Å²) >= 11 is 24.9. The molecule has 2 saturated heterocycles. The maximum Gasteiger partial charge on any atom is 0.0825 e.